The smallest absolute Gasteiger partial charge is 0.131 e. The van der Waals surface area contributed by atoms with E-state index in [0.717, 1.165) is 11.1 Å². The van der Waals surface area contributed by atoms with Crippen LogP contribution in [-0.2, 0) is 5.41 Å². The molecule has 2 aromatic carbocycles. The summed E-state index contributed by atoms with van der Waals surface area (Å²) in [6.45, 7) is 6.79. The lowest BCUT2D eigenvalue weighted by Gasteiger charge is -2.32. The molecule has 0 amide bonds. The Balaban J connectivity index is 2.21. The van der Waals surface area contributed by atoms with Gasteiger partial charge >= 0.3 is 0 Å². The van der Waals surface area contributed by atoms with Crippen molar-refractivity contribution in [2.75, 3.05) is 0 Å². The van der Waals surface area contributed by atoms with E-state index in [0.29, 0.717) is 5.92 Å². The number of halogens is 1. The van der Waals surface area contributed by atoms with Crippen molar-refractivity contribution >= 4 is 0 Å². The van der Waals surface area contributed by atoms with Gasteiger partial charge in [0.1, 0.15) is 5.82 Å². The minimum atomic E-state index is -0.115. The molecule has 0 bridgehead atoms. The van der Waals surface area contributed by atoms with Crippen LogP contribution in [-0.4, -0.2) is 0 Å². The van der Waals surface area contributed by atoms with E-state index in [-0.39, 0.29) is 11.2 Å². The molecule has 1 heteroatoms. The number of hydrogen-bond acceptors (Lipinski definition) is 0. The van der Waals surface area contributed by atoms with Crippen LogP contribution in [0.15, 0.2) is 42.5 Å². The summed E-state index contributed by atoms with van der Waals surface area (Å²) >= 11 is 0. The first-order valence-electron chi connectivity index (χ1n) is 8.87. The standard InChI is InChI=1S/C22H27F/c1-22(2,3)19-14-9-13-18(17-12-7-8-15-20(17)23)21(19)16-10-5-4-6-11-16/h7-9,12-16H,4-6,10-11H2,1-3H3. The van der Waals surface area contributed by atoms with E-state index in [2.05, 4.69) is 39.0 Å². The Bertz CT molecular complexity index is 673. The Kier molecular flexibility index (Phi) is 4.57. The minimum absolute atomic E-state index is 0.0774. The molecule has 2 aromatic rings. The Hall–Kier alpha value is -1.63. The van der Waals surface area contributed by atoms with E-state index < -0.39 is 0 Å². The second kappa shape index (κ2) is 6.47. The molecule has 23 heavy (non-hydrogen) atoms. The van der Waals surface area contributed by atoms with Gasteiger partial charge in [0.2, 0.25) is 0 Å². The van der Waals surface area contributed by atoms with Crippen LogP contribution in [0.1, 0.15) is 69.9 Å². The summed E-state index contributed by atoms with van der Waals surface area (Å²) in [5, 5.41) is 0. The summed E-state index contributed by atoms with van der Waals surface area (Å²) in [4.78, 5) is 0. The molecule has 0 spiro atoms. The predicted molar refractivity (Wildman–Crippen MR) is 96.4 cm³/mol. The van der Waals surface area contributed by atoms with Gasteiger partial charge in [0.25, 0.3) is 0 Å². The third kappa shape index (κ3) is 3.34. The van der Waals surface area contributed by atoms with E-state index in [9.17, 15) is 4.39 Å². The van der Waals surface area contributed by atoms with Gasteiger partial charge in [-0.3, -0.25) is 0 Å². The van der Waals surface area contributed by atoms with Gasteiger partial charge in [-0.05, 0) is 46.9 Å². The van der Waals surface area contributed by atoms with Crippen molar-refractivity contribution in [2.45, 2.75) is 64.2 Å². The molecule has 1 aliphatic rings. The molecule has 0 aromatic heterocycles. The molecule has 1 aliphatic carbocycles. The molecule has 0 nitrogen and oxygen atoms in total. The van der Waals surface area contributed by atoms with Gasteiger partial charge in [-0.15, -0.1) is 0 Å². The van der Waals surface area contributed by atoms with Crippen LogP contribution >= 0.6 is 0 Å². The molecule has 0 unspecified atom stereocenters. The first-order valence-corrected chi connectivity index (χ1v) is 8.87. The zero-order valence-corrected chi connectivity index (χ0v) is 14.5. The van der Waals surface area contributed by atoms with Gasteiger partial charge in [-0.25, -0.2) is 4.39 Å². The maximum atomic E-state index is 14.5. The van der Waals surface area contributed by atoms with Crippen molar-refractivity contribution < 1.29 is 4.39 Å². The summed E-state index contributed by atoms with van der Waals surface area (Å²) in [7, 11) is 0. The third-order valence-corrected chi connectivity index (χ3v) is 5.09. The Labute approximate surface area is 139 Å². The van der Waals surface area contributed by atoms with E-state index in [1.807, 2.05) is 12.1 Å². The molecule has 0 aliphatic heterocycles. The van der Waals surface area contributed by atoms with Crippen LogP contribution in [0.5, 0.6) is 0 Å². The summed E-state index contributed by atoms with van der Waals surface area (Å²) in [6, 6.07) is 13.6. The van der Waals surface area contributed by atoms with Crippen LogP contribution < -0.4 is 0 Å². The SMILES string of the molecule is CC(C)(C)c1cccc(-c2ccccc2F)c1C1CCCCC1. The molecule has 1 fully saturated rings. The topological polar surface area (TPSA) is 0 Å². The molecule has 0 N–H and O–H groups in total. The molecule has 1 saturated carbocycles. The second-order valence-corrected chi connectivity index (χ2v) is 7.83. The number of rotatable bonds is 2. The van der Waals surface area contributed by atoms with Crippen LogP contribution in [0.2, 0.25) is 0 Å². The van der Waals surface area contributed by atoms with Gasteiger partial charge in [-0.1, -0.05) is 76.4 Å². The van der Waals surface area contributed by atoms with Crippen molar-refractivity contribution in [2.24, 2.45) is 0 Å². The summed E-state index contributed by atoms with van der Waals surface area (Å²) in [5.41, 5.74) is 4.70. The predicted octanol–water partition coefficient (Wildman–Crippen LogP) is 6.84. The largest absolute Gasteiger partial charge is 0.206 e. The highest BCUT2D eigenvalue weighted by Crippen LogP contribution is 2.43. The van der Waals surface area contributed by atoms with Crippen molar-refractivity contribution in [3.63, 3.8) is 0 Å². The average molecular weight is 310 g/mol. The molecule has 122 valence electrons. The molecule has 0 heterocycles. The zero-order chi connectivity index (χ0) is 16.4. The van der Waals surface area contributed by atoms with Crippen molar-refractivity contribution in [3.05, 3.63) is 59.4 Å². The van der Waals surface area contributed by atoms with Crippen LogP contribution in [0.25, 0.3) is 11.1 Å². The van der Waals surface area contributed by atoms with Crippen LogP contribution in [0.3, 0.4) is 0 Å². The maximum Gasteiger partial charge on any atom is 0.131 e. The molecule has 0 saturated heterocycles. The molecule has 3 rings (SSSR count). The van der Waals surface area contributed by atoms with Crippen molar-refractivity contribution in [1.29, 1.82) is 0 Å². The Morgan fingerprint density at radius 2 is 1.48 bits per heavy atom. The highest BCUT2D eigenvalue weighted by atomic mass is 19.1. The fourth-order valence-electron chi connectivity index (χ4n) is 3.96. The normalized spacial score (nSPS) is 16.5. The Morgan fingerprint density at radius 1 is 0.826 bits per heavy atom. The summed E-state index contributed by atoms with van der Waals surface area (Å²) in [5.74, 6) is 0.449. The summed E-state index contributed by atoms with van der Waals surface area (Å²) < 4.78 is 14.5. The highest BCUT2D eigenvalue weighted by Gasteiger charge is 2.27. The lowest BCUT2D eigenvalue weighted by atomic mass is 9.73. The van der Waals surface area contributed by atoms with Gasteiger partial charge in [-0.2, -0.15) is 0 Å². The molecule has 0 atom stereocenters. The fraction of sp³-hybridized carbons (Fsp3) is 0.455. The minimum Gasteiger partial charge on any atom is -0.206 e. The first-order chi connectivity index (χ1) is 11.0. The van der Waals surface area contributed by atoms with Crippen LogP contribution in [0.4, 0.5) is 4.39 Å². The van der Waals surface area contributed by atoms with E-state index in [1.54, 1.807) is 12.1 Å². The molecular weight excluding hydrogens is 283 g/mol. The van der Waals surface area contributed by atoms with Gasteiger partial charge < -0.3 is 0 Å². The quantitative estimate of drug-likeness (QED) is 0.569. The lowest BCUT2D eigenvalue weighted by molar-refractivity contribution is 0.435. The van der Waals surface area contributed by atoms with Crippen molar-refractivity contribution in [1.82, 2.24) is 0 Å². The highest BCUT2D eigenvalue weighted by molar-refractivity contribution is 5.71. The van der Waals surface area contributed by atoms with E-state index in [4.69, 9.17) is 0 Å². The lowest BCUT2D eigenvalue weighted by Crippen LogP contribution is -2.18. The molecule has 0 radical (unpaired) electrons. The zero-order valence-electron chi connectivity index (χ0n) is 14.5. The van der Waals surface area contributed by atoms with Crippen LogP contribution in [0, 0.1) is 5.82 Å². The maximum absolute atomic E-state index is 14.5. The fourth-order valence-corrected chi connectivity index (χ4v) is 3.96. The second-order valence-electron chi connectivity index (χ2n) is 7.83. The van der Waals surface area contributed by atoms with E-state index >= 15 is 0 Å². The van der Waals surface area contributed by atoms with E-state index in [1.165, 1.54) is 43.2 Å². The number of hydrogen-bond donors (Lipinski definition) is 0. The number of benzene rings is 2. The van der Waals surface area contributed by atoms with Crippen molar-refractivity contribution in [3.8, 4) is 11.1 Å². The molecular formula is C22H27F. The average Bonchev–Trinajstić information content (AvgIpc) is 2.55. The van der Waals surface area contributed by atoms with Gasteiger partial charge in [0.05, 0.1) is 0 Å². The van der Waals surface area contributed by atoms with Gasteiger partial charge in [0.15, 0.2) is 0 Å². The first kappa shape index (κ1) is 16.2. The monoisotopic (exact) mass is 310 g/mol. The summed E-state index contributed by atoms with van der Waals surface area (Å²) in [6.07, 6.45) is 6.38. The third-order valence-electron chi connectivity index (χ3n) is 5.09. The Morgan fingerprint density at radius 3 is 2.13 bits per heavy atom. The van der Waals surface area contributed by atoms with Gasteiger partial charge in [0, 0.05) is 5.56 Å².